The summed E-state index contributed by atoms with van der Waals surface area (Å²) in [5, 5.41) is 0. The molecule has 3 atom stereocenters. The Morgan fingerprint density at radius 3 is 2.17 bits per heavy atom. The number of rotatable bonds is 5. The summed E-state index contributed by atoms with van der Waals surface area (Å²) in [7, 11) is 0. The predicted octanol–water partition coefficient (Wildman–Crippen LogP) is 2.80. The Morgan fingerprint density at radius 2 is 1.83 bits per heavy atom. The van der Waals surface area contributed by atoms with Gasteiger partial charge in [-0.25, -0.2) is 0 Å². The molecule has 0 spiro atoms. The van der Waals surface area contributed by atoms with Gasteiger partial charge in [-0.05, 0) is 30.6 Å². The highest BCUT2D eigenvalue weighted by Crippen LogP contribution is 2.41. The maximum absolute atomic E-state index is 6.12. The molecule has 1 aliphatic carbocycles. The van der Waals surface area contributed by atoms with Crippen molar-refractivity contribution >= 4 is 0 Å². The minimum atomic E-state index is 0.491. The summed E-state index contributed by atoms with van der Waals surface area (Å²) >= 11 is 0. The van der Waals surface area contributed by atoms with Gasteiger partial charge in [-0.1, -0.05) is 33.6 Å². The number of nitrogens with two attached hydrogens (primary N) is 1. The van der Waals surface area contributed by atoms with E-state index >= 15 is 0 Å². The first-order valence-corrected chi connectivity index (χ1v) is 5.44. The van der Waals surface area contributed by atoms with Gasteiger partial charge in [-0.15, -0.1) is 0 Å². The molecule has 0 aromatic rings. The van der Waals surface area contributed by atoms with E-state index in [9.17, 15) is 0 Å². The predicted molar refractivity (Wildman–Crippen MR) is 53.9 cm³/mol. The molecule has 3 unspecified atom stereocenters. The van der Waals surface area contributed by atoms with Crippen LogP contribution in [0.3, 0.4) is 0 Å². The van der Waals surface area contributed by atoms with Crippen LogP contribution in [0.2, 0.25) is 0 Å². The van der Waals surface area contributed by atoms with Gasteiger partial charge in [0.25, 0.3) is 0 Å². The fourth-order valence-corrected chi connectivity index (χ4v) is 2.13. The zero-order chi connectivity index (χ0) is 9.14. The van der Waals surface area contributed by atoms with Crippen LogP contribution in [0.25, 0.3) is 0 Å². The third kappa shape index (κ3) is 2.48. The van der Waals surface area contributed by atoms with Crippen LogP contribution < -0.4 is 5.73 Å². The van der Waals surface area contributed by atoms with Gasteiger partial charge < -0.3 is 5.73 Å². The fourth-order valence-electron chi connectivity index (χ4n) is 2.13. The summed E-state index contributed by atoms with van der Waals surface area (Å²) in [6, 6.07) is 0.491. The van der Waals surface area contributed by atoms with Crippen LogP contribution in [0, 0.1) is 17.8 Å². The molecule has 1 saturated carbocycles. The highest BCUT2D eigenvalue weighted by molar-refractivity contribution is 4.91. The lowest BCUT2D eigenvalue weighted by molar-refractivity contribution is 0.381. The van der Waals surface area contributed by atoms with Gasteiger partial charge in [0.1, 0.15) is 0 Å². The minimum Gasteiger partial charge on any atom is -0.327 e. The summed E-state index contributed by atoms with van der Waals surface area (Å²) in [6.45, 7) is 6.87. The van der Waals surface area contributed by atoms with Crippen LogP contribution >= 0.6 is 0 Å². The molecule has 0 saturated heterocycles. The van der Waals surface area contributed by atoms with E-state index in [4.69, 9.17) is 5.73 Å². The molecule has 0 radical (unpaired) electrons. The lowest BCUT2D eigenvalue weighted by Gasteiger charge is -2.17. The van der Waals surface area contributed by atoms with E-state index in [1.165, 1.54) is 25.7 Å². The third-order valence-corrected chi connectivity index (χ3v) is 3.48. The van der Waals surface area contributed by atoms with Gasteiger partial charge in [0.05, 0.1) is 0 Å². The molecule has 0 aliphatic heterocycles. The van der Waals surface area contributed by atoms with Crippen molar-refractivity contribution in [1.82, 2.24) is 0 Å². The summed E-state index contributed by atoms with van der Waals surface area (Å²) < 4.78 is 0. The Labute approximate surface area is 76.7 Å². The molecule has 1 heteroatoms. The minimum absolute atomic E-state index is 0.491. The van der Waals surface area contributed by atoms with E-state index in [1.807, 2.05) is 0 Å². The first-order chi connectivity index (χ1) is 5.69. The van der Waals surface area contributed by atoms with E-state index in [1.54, 1.807) is 0 Å². The topological polar surface area (TPSA) is 26.0 Å². The van der Waals surface area contributed by atoms with Crippen molar-refractivity contribution in [3.05, 3.63) is 0 Å². The van der Waals surface area contributed by atoms with E-state index in [0.29, 0.717) is 6.04 Å². The summed E-state index contributed by atoms with van der Waals surface area (Å²) in [6.07, 6.45) is 5.22. The third-order valence-electron chi connectivity index (χ3n) is 3.48. The summed E-state index contributed by atoms with van der Waals surface area (Å²) in [4.78, 5) is 0. The Balaban J connectivity index is 2.20. The zero-order valence-electron chi connectivity index (χ0n) is 8.72. The Morgan fingerprint density at radius 1 is 1.33 bits per heavy atom. The molecular formula is C11H23N. The monoisotopic (exact) mass is 169 g/mol. The largest absolute Gasteiger partial charge is 0.327 e. The SMILES string of the molecule is CCC(CC)CC(N)C1CC1C. The molecule has 0 bridgehead atoms. The maximum atomic E-state index is 6.12. The molecule has 2 N–H and O–H groups in total. The van der Waals surface area contributed by atoms with Gasteiger partial charge in [-0.3, -0.25) is 0 Å². The maximum Gasteiger partial charge on any atom is 0.00724 e. The first kappa shape index (κ1) is 10.0. The normalized spacial score (nSPS) is 30.8. The number of hydrogen-bond donors (Lipinski definition) is 1. The van der Waals surface area contributed by atoms with E-state index in [0.717, 1.165) is 17.8 Å². The molecule has 0 heterocycles. The van der Waals surface area contributed by atoms with Gasteiger partial charge in [0.2, 0.25) is 0 Å². The Hall–Kier alpha value is -0.0400. The van der Waals surface area contributed by atoms with Crippen LogP contribution in [-0.2, 0) is 0 Å². The smallest absolute Gasteiger partial charge is 0.00724 e. The molecule has 1 fully saturated rings. The van der Waals surface area contributed by atoms with Crippen LogP contribution in [0.1, 0.15) is 46.5 Å². The van der Waals surface area contributed by atoms with Gasteiger partial charge in [-0.2, -0.15) is 0 Å². The van der Waals surface area contributed by atoms with Crippen molar-refractivity contribution in [2.45, 2.75) is 52.5 Å². The van der Waals surface area contributed by atoms with Crippen molar-refractivity contribution in [3.63, 3.8) is 0 Å². The van der Waals surface area contributed by atoms with E-state index in [-0.39, 0.29) is 0 Å². The van der Waals surface area contributed by atoms with Gasteiger partial charge in [0, 0.05) is 6.04 Å². The highest BCUT2D eigenvalue weighted by Gasteiger charge is 2.37. The van der Waals surface area contributed by atoms with Gasteiger partial charge >= 0.3 is 0 Å². The van der Waals surface area contributed by atoms with Crippen LogP contribution in [-0.4, -0.2) is 6.04 Å². The Bertz CT molecular complexity index is 129. The first-order valence-electron chi connectivity index (χ1n) is 5.44. The molecule has 0 aromatic carbocycles. The quantitative estimate of drug-likeness (QED) is 0.673. The molecule has 1 nitrogen and oxygen atoms in total. The zero-order valence-corrected chi connectivity index (χ0v) is 8.72. The summed E-state index contributed by atoms with van der Waals surface area (Å²) in [5.41, 5.74) is 6.12. The van der Waals surface area contributed by atoms with Crippen molar-refractivity contribution < 1.29 is 0 Å². The molecule has 0 amide bonds. The summed E-state index contributed by atoms with van der Waals surface area (Å²) in [5.74, 6) is 2.63. The van der Waals surface area contributed by atoms with Gasteiger partial charge in [0.15, 0.2) is 0 Å². The standard InChI is InChI=1S/C11H23N/c1-4-9(5-2)7-11(12)10-6-8(10)3/h8-11H,4-7,12H2,1-3H3. The van der Waals surface area contributed by atoms with Crippen molar-refractivity contribution in [2.24, 2.45) is 23.5 Å². The fraction of sp³-hybridized carbons (Fsp3) is 1.00. The van der Waals surface area contributed by atoms with Crippen molar-refractivity contribution in [3.8, 4) is 0 Å². The second kappa shape index (κ2) is 4.27. The van der Waals surface area contributed by atoms with Crippen LogP contribution in [0.15, 0.2) is 0 Å². The van der Waals surface area contributed by atoms with Crippen molar-refractivity contribution in [1.29, 1.82) is 0 Å². The van der Waals surface area contributed by atoms with E-state index < -0.39 is 0 Å². The lowest BCUT2D eigenvalue weighted by atomic mass is 9.93. The Kier molecular flexibility index (Phi) is 3.57. The van der Waals surface area contributed by atoms with Crippen LogP contribution in [0.4, 0.5) is 0 Å². The van der Waals surface area contributed by atoms with Crippen LogP contribution in [0.5, 0.6) is 0 Å². The molecule has 72 valence electrons. The number of hydrogen-bond acceptors (Lipinski definition) is 1. The second-order valence-corrected chi connectivity index (χ2v) is 4.46. The average molecular weight is 169 g/mol. The van der Waals surface area contributed by atoms with Crippen molar-refractivity contribution in [2.75, 3.05) is 0 Å². The average Bonchev–Trinajstić information content (AvgIpc) is 2.78. The molecule has 0 aromatic heterocycles. The van der Waals surface area contributed by atoms with E-state index in [2.05, 4.69) is 20.8 Å². The molecule has 1 aliphatic rings. The second-order valence-electron chi connectivity index (χ2n) is 4.46. The molecule has 1 rings (SSSR count). The lowest BCUT2D eigenvalue weighted by Crippen LogP contribution is -2.26. The highest BCUT2D eigenvalue weighted by atomic mass is 14.7. The molecule has 12 heavy (non-hydrogen) atoms. The molecular weight excluding hydrogens is 146 g/mol.